The molecule has 0 bridgehead atoms. The first-order valence-electron chi connectivity index (χ1n) is 9.74. The van der Waals surface area contributed by atoms with Gasteiger partial charge in [-0.3, -0.25) is 14.5 Å². The van der Waals surface area contributed by atoms with E-state index < -0.39 is 17.7 Å². The zero-order chi connectivity index (χ0) is 22.0. The van der Waals surface area contributed by atoms with E-state index in [0.717, 1.165) is 6.42 Å². The highest BCUT2D eigenvalue weighted by Crippen LogP contribution is 2.43. The Kier molecular flexibility index (Phi) is 5.73. The van der Waals surface area contributed by atoms with Crippen molar-refractivity contribution in [2.45, 2.75) is 19.4 Å². The first-order chi connectivity index (χ1) is 15.0. The number of benzene rings is 2. The molecule has 31 heavy (non-hydrogen) atoms. The summed E-state index contributed by atoms with van der Waals surface area (Å²) in [6.45, 7) is 2.51. The number of Topliss-reactive ketones (excluding diaryl/α,β-unsaturated/α-hetero) is 1. The number of aliphatic hydroxyl groups is 1. The standard InChI is InChI=1S/C23H20N2O5S/c1-2-11-30-17-5-3-4-15(13-17)20(27)18-19(14-6-8-16(26)9-7-14)25(22(29)21(18)28)23-24-10-12-31-23/h3-10,12-13,19,26-27H,2,11H2,1H3. The Morgan fingerprint density at radius 2 is 1.97 bits per heavy atom. The molecule has 1 aliphatic heterocycles. The Bertz CT molecular complexity index is 1140. The molecule has 0 aliphatic carbocycles. The van der Waals surface area contributed by atoms with Gasteiger partial charge in [-0.1, -0.05) is 31.2 Å². The molecule has 2 aromatic carbocycles. The van der Waals surface area contributed by atoms with Crippen molar-refractivity contribution in [1.82, 2.24) is 4.98 Å². The number of phenols is 1. The zero-order valence-electron chi connectivity index (χ0n) is 16.7. The molecule has 1 atom stereocenters. The minimum atomic E-state index is -0.882. The first-order valence-corrected chi connectivity index (χ1v) is 10.6. The Balaban J connectivity index is 1.86. The molecule has 0 radical (unpaired) electrons. The number of aromatic nitrogens is 1. The lowest BCUT2D eigenvalue weighted by atomic mass is 9.95. The normalized spacial score (nSPS) is 17.8. The number of thiazole rings is 1. The number of phenolic OH excluding ortho intramolecular Hbond substituents is 1. The van der Waals surface area contributed by atoms with Crippen LogP contribution in [0.5, 0.6) is 11.5 Å². The van der Waals surface area contributed by atoms with E-state index in [1.807, 2.05) is 6.92 Å². The maximum Gasteiger partial charge on any atom is 0.301 e. The van der Waals surface area contributed by atoms with Gasteiger partial charge in [-0.05, 0) is 36.2 Å². The minimum Gasteiger partial charge on any atom is -0.508 e. The van der Waals surface area contributed by atoms with Crippen LogP contribution in [-0.2, 0) is 9.59 Å². The molecular formula is C23H20N2O5S. The molecule has 4 rings (SSSR count). The van der Waals surface area contributed by atoms with Gasteiger partial charge in [0.25, 0.3) is 5.78 Å². The zero-order valence-corrected chi connectivity index (χ0v) is 17.5. The molecule has 2 N–H and O–H groups in total. The Morgan fingerprint density at radius 1 is 1.19 bits per heavy atom. The summed E-state index contributed by atoms with van der Waals surface area (Å²) in [5.74, 6) is -1.26. The lowest BCUT2D eigenvalue weighted by Gasteiger charge is -2.23. The summed E-state index contributed by atoms with van der Waals surface area (Å²) < 4.78 is 5.63. The van der Waals surface area contributed by atoms with Gasteiger partial charge in [-0.2, -0.15) is 0 Å². The van der Waals surface area contributed by atoms with Crippen LogP contribution in [0.4, 0.5) is 5.13 Å². The van der Waals surface area contributed by atoms with E-state index in [-0.39, 0.29) is 17.1 Å². The molecule has 1 aliphatic rings. The average molecular weight is 436 g/mol. The van der Waals surface area contributed by atoms with E-state index in [4.69, 9.17) is 4.74 Å². The van der Waals surface area contributed by atoms with Gasteiger partial charge in [0.1, 0.15) is 17.3 Å². The number of aliphatic hydroxyl groups excluding tert-OH is 1. The third-order valence-electron chi connectivity index (χ3n) is 4.86. The molecule has 1 saturated heterocycles. The molecule has 158 valence electrons. The summed E-state index contributed by atoms with van der Waals surface area (Å²) in [7, 11) is 0. The monoisotopic (exact) mass is 436 g/mol. The first kappa shape index (κ1) is 20.6. The molecule has 1 amide bonds. The number of rotatable bonds is 6. The quantitative estimate of drug-likeness (QED) is 0.340. The van der Waals surface area contributed by atoms with Crippen molar-refractivity contribution in [3.8, 4) is 11.5 Å². The molecule has 2 heterocycles. The SMILES string of the molecule is CCCOc1cccc(C(O)=C2C(=O)C(=O)N(c3nccs3)C2c2ccc(O)cc2)c1. The number of hydrogen-bond donors (Lipinski definition) is 2. The van der Waals surface area contributed by atoms with Gasteiger partial charge in [-0.25, -0.2) is 4.98 Å². The smallest absolute Gasteiger partial charge is 0.301 e. The van der Waals surface area contributed by atoms with Gasteiger partial charge >= 0.3 is 5.91 Å². The molecule has 0 spiro atoms. The topological polar surface area (TPSA) is 100.0 Å². The number of carbonyl (C=O) groups excluding carboxylic acids is 2. The summed E-state index contributed by atoms with van der Waals surface area (Å²) in [4.78, 5) is 31.4. The second-order valence-corrected chi connectivity index (χ2v) is 7.82. The number of carbonyl (C=O) groups is 2. The van der Waals surface area contributed by atoms with Crippen molar-refractivity contribution >= 4 is 33.9 Å². The second-order valence-electron chi connectivity index (χ2n) is 6.95. The van der Waals surface area contributed by atoms with Crippen LogP contribution in [0.3, 0.4) is 0 Å². The van der Waals surface area contributed by atoms with E-state index in [9.17, 15) is 19.8 Å². The summed E-state index contributed by atoms with van der Waals surface area (Å²) >= 11 is 1.22. The van der Waals surface area contributed by atoms with Gasteiger partial charge in [0.05, 0.1) is 18.2 Å². The van der Waals surface area contributed by atoms with E-state index in [2.05, 4.69) is 4.98 Å². The van der Waals surface area contributed by atoms with Gasteiger partial charge in [-0.15, -0.1) is 11.3 Å². The maximum absolute atomic E-state index is 13.0. The molecule has 8 heteroatoms. The summed E-state index contributed by atoms with van der Waals surface area (Å²) in [5, 5.41) is 22.8. The number of aromatic hydroxyl groups is 1. The fourth-order valence-corrected chi connectivity index (χ4v) is 4.11. The van der Waals surface area contributed by atoms with E-state index in [1.165, 1.54) is 28.4 Å². The van der Waals surface area contributed by atoms with Crippen LogP contribution in [-0.4, -0.2) is 33.5 Å². The van der Waals surface area contributed by atoms with Crippen LogP contribution in [0.25, 0.3) is 5.76 Å². The van der Waals surface area contributed by atoms with Crippen LogP contribution in [0, 0.1) is 0 Å². The van der Waals surface area contributed by atoms with Gasteiger partial charge in [0.15, 0.2) is 5.13 Å². The van der Waals surface area contributed by atoms with Crippen molar-refractivity contribution in [3.05, 3.63) is 76.8 Å². The number of amides is 1. The molecule has 7 nitrogen and oxygen atoms in total. The Hall–Kier alpha value is -3.65. The summed E-state index contributed by atoms with van der Waals surface area (Å²) in [6, 6.07) is 12.0. The molecule has 0 saturated carbocycles. The minimum absolute atomic E-state index is 0.0430. The van der Waals surface area contributed by atoms with Crippen LogP contribution in [0.2, 0.25) is 0 Å². The predicted molar refractivity (Wildman–Crippen MR) is 117 cm³/mol. The van der Waals surface area contributed by atoms with Gasteiger partial charge in [0.2, 0.25) is 0 Å². The highest BCUT2D eigenvalue weighted by atomic mass is 32.1. The third kappa shape index (κ3) is 3.89. The Morgan fingerprint density at radius 3 is 2.65 bits per heavy atom. The largest absolute Gasteiger partial charge is 0.508 e. The van der Waals surface area contributed by atoms with E-state index >= 15 is 0 Å². The summed E-state index contributed by atoms with van der Waals surface area (Å²) in [5.41, 5.74) is 0.889. The lowest BCUT2D eigenvalue weighted by Crippen LogP contribution is -2.29. The molecular weight excluding hydrogens is 416 g/mol. The fourth-order valence-electron chi connectivity index (χ4n) is 3.45. The molecule has 1 unspecified atom stereocenters. The molecule has 3 aromatic rings. The van der Waals surface area contributed by atoms with Crippen LogP contribution in [0.15, 0.2) is 65.7 Å². The van der Waals surface area contributed by atoms with E-state index in [0.29, 0.717) is 28.6 Å². The number of ketones is 1. The predicted octanol–water partition coefficient (Wildman–Crippen LogP) is 4.26. The molecule has 1 fully saturated rings. The van der Waals surface area contributed by atoms with E-state index in [1.54, 1.807) is 48.0 Å². The van der Waals surface area contributed by atoms with Crippen molar-refractivity contribution in [2.75, 3.05) is 11.5 Å². The van der Waals surface area contributed by atoms with Crippen LogP contribution in [0.1, 0.15) is 30.5 Å². The van der Waals surface area contributed by atoms with Crippen molar-refractivity contribution in [2.24, 2.45) is 0 Å². The molecule has 1 aromatic heterocycles. The highest BCUT2D eigenvalue weighted by molar-refractivity contribution is 7.14. The highest BCUT2D eigenvalue weighted by Gasteiger charge is 2.47. The Labute approximate surface area is 182 Å². The van der Waals surface area contributed by atoms with Crippen molar-refractivity contribution < 1.29 is 24.5 Å². The van der Waals surface area contributed by atoms with Gasteiger partial charge < -0.3 is 14.9 Å². The summed E-state index contributed by atoms with van der Waals surface area (Å²) in [6.07, 6.45) is 2.37. The van der Waals surface area contributed by atoms with Crippen LogP contribution >= 0.6 is 11.3 Å². The average Bonchev–Trinajstić information content (AvgIpc) is 3.39. The number of nitrogens with zero attached hydrogens (tertiary/aromatic N) is 2. The second kappa shape index (κ2) is 8.61. The number of hydrogen-bond acceptors (Lipinski definition) is 7. The van der Waals surface area contributed by atoms with Gasteiger partial charge in [0, 0.05) is 17.1 Å². The number of ether oxygens (including phenoxy) is 1. The van der Waals surface area contributed by atoms with Crippen LogP contribution < -0.4 is 9.64 Å². The maximum atomic E-state index is 13.0. The van der Waals surface area contributed by atoms with Crippen molar-refractivity contribution in [3.63, 3.8) is 0 Å². The van der Waals surface area contributed by atoms with Crippen molar-refractivity contribution in [1.29, 1.82) is 0 Å². The fraction of sp³-hybridized carbons (Fsp3) is 0.174. The lowest BCUT2D eigenvalue weighted by molar-refractivity contribution is -0.132. The third-order valence-corrected chi connectivity index (χ3v) is 5.63. The number of anilines is 1.